The second-order valence-electron chi connectivity index (χ2n) is 16.8. The van der Waals surface area contributed by atoms with E-state index >= 15 is 0 Å². The van der Waals surface area contributed by atoms with Gasteiger partial charge in [0.05, 0.1) is 22.1 Å². The molecule has 13 rings (SSSR count). The van der Waals surface area contributed by atoms with Crippen LogP contribution >= 0.6 is 0 Å². The van der Waals surface area contributed by atoms with Crippen LogP contribution in [-0.2, 0) is 0 Å². The summed E-state index contributed by atoms with van der Waals surface area (Å²) >= 11 is 0. The van der Waals surface area contributed by atoms with Crippen molar-refractivity contribution in [2.45, 2.75) is 0 Å². The Bertz CT molecular complexity index is 3910. The molecular formula is C61H39N5. The highest BCUT2D eigenvalue weighted by Gasteiger charge is 2.20. The predicted molar refractivity (Wildman–Crippen MR) is 273 cm³/mol. The summed E-state index contributed by atoms with van der Waals surface area (Å²) in [4.78, 5) is 15.1. The van der Waals surface area contributed by atoms with Gasteiger partial charge in [-0.25, -0.2) is 15.0 Å². The van der Waals surface area contributed by atoms with Crippen LogP contribution in [0.1, 0.15) is 0 Å². The number of aromatic nitrogens is 5. The quantitative estimate of drug-likeness (QED) is 0.161. The second kappa shape index (κ2) is 15.4. The van der Waals surface area contributed by atoms with Crippen molar-refractivity contribution in [2.24, 2.45) is 0 Å². The predicted octanol–water partition coefficient (Wildman–Crippen LogP) is 15.6. The third-order valence-electron chi connectivity index (χ3n) is 13.0. The van der Waals surface area contributed by atoms with Gasteiger partial charge in [0.25, 0.3) is 0 Å². The molecular weight excluding hydrogens is 803 g/mol. The molecule has 0 bridgehead atoms. The molecule has 0 N–H and O–H groups in total. The number of hydrogen-bond donors (Lipinski definition) is 0. The number of para-hydroxylation sites is 3. The molecule has 0 amide bonds. The number of hydrogen-bond acceptors (Lipinski definition) is 3. The summed E-state index contributed by atoms with van der Waals surface area (Å²) in [5, 5.41) is 7.28. The summed E-state index contributed by atoms with van der Waals surface area (Å²) in [5.41, 5.74) is 14.5. The maximum Gasteiger partial charge on any atom is 0.164 e. The van der Waals surface area contributed by atoms with E-state index in [9.17, 15) is 0 Å². The molecule has 3 aromatic heterocycles. The molecule has 0 atom stereocenters. The lowest BCUT2D eigenvalue weighted by atomic mass is 9.93. The highest BCUT2D eigenvalue weighted by Crippen LogP contribution is 2.42. The molecule has 66 heavy (non-hydrogen) atoms. The molecule has 0 radical (unpaired) electrons. The summed E-state index contributed by atoms with van der Waals surface area (Å²) < 4.78 is 4.77. The summed E-state index contributed by atoms with van der Waals surface area (Å²) in [6.07, 6.45) is 0. The van der Waals surface area contributed by atoms with Gasteiger partial charge in [-0.05, 0) is 82.2 Å². The first kappa shape index (κ1) is 37.6. The lowest BCUT2D eigenvalue weighted by molar-refractivity contribution is 1.07. The fourth-order valence-corrected chi connectivity index (χ4v) is 9.90. The molecule has 3 heterocycles. The van der Waals surface area contributed by atoms with Crippen LogP contribution in [0, 0.1) is 0 Å². The minimum atomic E-state index is 0.625. The molecule has 0 fully saturated rings. The zero-order valence-electron chi connectivity index (χ0n) is 35.8. The highest BCUT2D eigenvalue weighted by molar-refractivity contribution is 6.22. The lowest BCUT2D eigenvalue weighted by Gasteiger charge is -2.14. The zero-order chi connectivity index (χ0) is 43.6. The van der Waals surface area contributed by atoms with E-state index in [1.54, 1.807) is 0 Å². The first-order chi connectivity index (χ1) is 32.7. The smallest absolute Gasteiger partial charge is 0.164 e. The molecule has 0 unspecified atom stereocenters. The maximum atomic E-state index is 5.07. The van der Waals surface area contributed by atoms with Crippen molar-refractivity contribution in [3.63, 3.8) is 0 Å². The van der Waals surface area contributed by atoms with Crippen molar-refractivity contribution in [3.8, 4) is 67.8 Å². The first-order valence-corrected chi connectivity index (χ1v) is 22.4. The Balaban J connectivity index is 0.932. The van der Waals surface area contributed by atoms with Gasteiger partial charge in [0.15, 0.2) is 17.5 Å². The molecule has 0 saturated carbocycles. The molecule has 0 saturated heterocycles. The number of nitrogens with zero attached hydrogens (tertiary/aromatic N) is 5. The van der Waals surface area contributed by atoms with Gasteiger partial charge in [-0.1, -0.05) is 182 Å². The highest BCUT2D eigenvalue weighted by atomic mass is 15.0. The first-order valence-electron chi connectivity index (χ1n) is 22.4. The second-order valence-corrected chi connectivity index (χ2v) is 16.8. The van der Waals surface area contributed by atoms with Gasteiger partial charge in [0.1, 0.15) is 0 Å². The fourth-order valence-electron chi connectivity index (χ4n) is 9.90. The van der Waals surface area contributed by atoms with E-state index in [1.807, 2.05) is 60.7 Å². The average molecular weight is 842 g/mol. The molecule has 10 aromatic carbocycles. The summed E-state index contributed by atoms with van der Waals surface area (Å²) in [7, 11) is 0. The van der Waals surface area contributed by atoms with Gasteiger partial charge in [0.2, 0.25) is 0 Å². The average Bonchev–Trinajstić information content (AvgIpc) is 3.92. The van der Waals surface area contributed by atoms with Gasteiger partial charge in [0, 0.05) is 55.0 Å². The Morgan fingerprint density at radius 2 is 0.712 bits per heavy atom. The Morgan fingerprint density at radius 3 is 1.38 bits per heavy atom. The van der Waals surface area contributed by atoms with Gasteiger partial charge >= 0.3 is 0 Å². The van der Waals surface area contributed by atoms with Crippen molar-refractivity contribution < 1.29 is 0 Å². The number of benzene rings is 10. The molecule has 0 aliphatic heterocycles. The fraction of sp³-hybridized carbons (Fsp3) is 0. The minimum Gasteiger partial charge on any atom is -0.309 e. The van der Waals surface area contributed by atoms with E-state index in [1.165, 1.54) is 65.6 Å². The largest absolute Gasteiger partial charge is 0.309 e. The summed E-state index contributed by atoms with van der Waals surface area (Å²) in [5.74, 6) is 1.91. The molecule has 308 valence electrons. The molecule has 13 aromatic rings. The monoisotopic (exact) mass is 841 g/mol. The molecule has 0 spiro atoms. The van der Waals surface area contributed by atoms with E-state index in [4.69, 9.17) is 15.0 Å². The molecule has 5 nitrogen and oxygen atoms in total. The Kier molecular flexibility index (Phi) is 8.78. The summed E-state index contributed by atoms with van der Waals surface area (Å²) in [6.45, 7) is 0. The van der Waals surface area contributed by atoms with Crippen LogP contribution in [0.5, 0.6) is 0 Å². The van der Waals surface area contributed by atoms with E-state index in [-0.39, 0.29) is 0 Å². The van der Waals surface area contributed by atoms with Gasteiger partial charge in [-0.3, -0.25) is 0 Å². The number of rotatable bonds is 7. The maximum absolute atomic E-state index is 5.07. The van der Waals surface area contributed by atoms with Crippen LogP contribution < -0.4 is 0 Å². The van der Waals surface area contributed by atoms with Crippen LogP contribution in [-0.4, -0.2) is 24.1 Å². The van der Waals surface area contributed by atoms with E-state index in [2.05, 4.69) is 185 Å². The third-order valence-corrected chi connectivity index (χ3v) is 13.0. The number of fused-ring (bicyclic) bond motifs is 8. The van der Waals surface area contributed by atoms with E-state index in [0.717, 1.165) is 39.1 Å². The van der Waals surface area contributed by atoms with Gasteiger partial charge in [-0.15, -0.1) is 0 Å². The van der Waals surface area contributed by atoms with Crippen LogP contribution in [0.2, 0.25) is 0 Å². The Labute approximate surface area is 381 Å². The van der Waals surface area contributed by atoms with Crippen LogP contribution in [0.4, 0.5) is 0 Å². The normalized spacial score (nSPS) is 11.6. The molecule has 5 heteroatoms. The van der Waals surface area contributed by atoms with E-state index < -0.39 is 0 Å². The van der Waals surface area contributed by atoms with E-state index in [0.29, 0.717) is 17.5 Å². The van der Waals surface area contributed by atoms with Crippen molar-refractivity contribution >= 4 is 54.4 Å². The Hall–Kier alpha value is -8.93. The third kappa shape index (κ3) is 6.21. The zero-order valence-corrected chi connectivity index (χ0v) is 35.8. The molecule has 0 aliphatic rings. The SMILES string of the molecule is c1ccc(-c2nc(-c3ccccc3)nc(-c3cccc(-n4c5ccccc5c5cc(-c6ccc(-c7ccc8c(c7)c7ccccc7n8-c7ccccc7)cc6)c6ccccc6c54)c3)n2)cc1. The van der Waals surface area contributed by atoms with Crippen molar-refractivity contribution in [1.29, 1.82) is 0 Å². The standard InChI is InChI=1S/C61H39N5/c1-4-17-42(18-5-1)59-62-60(43-19-6-2-7-20-43)64-61(63-59)45-21-16-24-47(37-45)66-56-30-15-13-27-50(56)54-39-52(48-25-10-11-28-51(48)58(54)66)41-33-31-40(32-34-41)44-35-36-57-53(38-44)49-26-12-14-29-55(49)65(57)46-22-8-3-9-23-46/h1-39H. The van der Waals surface area contributed by atoms with Crippen molar-refractivity contribution in [1.82, 2.24) is 24.1 Å². The molecule has 0 aliphatic carbocycles. The van der Waals surface area contributed by atoms with Gasteiger partial charge in [-0.2, -0.15) is 0 Å². The van der Waals surface area contributed by atoms with Crippen molar-refractivity contribution in [3.05, 3.63) is 237 Å². The van der Waals surface area contributed by atoms with Crippen LogP contribution in [0.15, 0.2) is 237 Å². The van der Waals surface area contributed by atoms with Gasteiger partial charge < -0.3 is 9.13 Å². The van der Waals surface area contributed by atoms with Crippen molar-refractivity contribution in [2.75, 3.05) is 0 Å². The van der Waals surface area contributed by atoms with Crippen LogP contribution in [0.25, 0.3) is 122 Å². The minimum absolute atomic E-state index is 0.625. The topological polar surface area (TPSA) is 48.5 Å². The summed E-state index contributed by atoms with van der Waals surface area (Å²) in [6, 6.07) is 84.1. The Morgan fingerprint density at radius 1 is 0.242 bits per heavy atom. The lowest BCUT2D eigenvalue weighted by Crippen LogP contribution is -2.01. The van der Waals surface area contributed by atoms with Crippen LogP contribution in [0.3, 0.4) is 0 Å².